The van der Waals surface area contributed by atoms with Crippen molar-refractivity contribution in [1.82, 2.24) is 5.32 Å². The van der Waals surface area contributed by atoms with E-state index in [1.165, 1.54) is 0 Å². The van der Waals surface area contributed by atoms with E-state index in [1.54, 1.807) is 19.3 Å². The third kappa shape index (κ3) is 4.07. The lowest BCUT2D eigenvalue weighted by Crippen LogP contribution is -2.40. The molecule has 0 unspecified atom stereocenters. The Morgan fingerprint density at radius 1 is 1.27 bits per heavy atom. The number of benzene rings is 2. The molecule has 1 aliphatic rings. The van der Waals surface area contributed by atoms with Crippen LogP contribution in [0, 0.1) is 6.92 Å². The van der Waals surface area contributed by atoms with Gasteiger partial charge in [-0.1, -0.05) is 30.3 Å². The fraction of sp³-hybridized carbons (Fsp3) is 0.318. The number of hydrogen-bond acceptors (Lipinski definition) is 3. The average Bonchev–Trinajstić information content (AvgIpc) is 2.58. The molecule has 2 aromatic carbocycles. The summed E-state index contributed by atoms with van der Waals surface area (Å²) in [5.74, 6) is 1.45. The molecule has 0 aromatic heterocycles. The van der Waals surface area contributed by atoms with Crippen LogP contribution >= 0.6 is 0 Å². The number of methoxy groups -OCH3 is 1. The molecule has 136 valence electrons. The summed E-state index contributed by atoms with van der Waals surface area (Å²) in [7, 11) is 1.62. The number of para-hydroxylation sites is 1. The first-order valence-electron chi connectivity index (χ1n) is 8.79. The van der Waals surface area contributed by atoms with E-state index >= 15 is 0 Å². The van der Waals surface area contributed by atoms with Gasteiger partial charge in [0.1, 0.15) is 17.1 Å². The number of amides is 1. The van der Waals surface area contributed by atoms with Gasteiger partial charge in [0, 0.05) is 23.6 Å². The van der Waals surface area contributed by atoms with Gasteiger partial charge in [-0.25, -0.2) is 0 Å². The quantitative estimate of drug-likeness (QED) is 0.829. The minimum absolute atomic E-state index is 0.0795. The van der Waals surface area contributed by atoms with Crippen LogP contribution < -0.4 is 14.8 Å². The van der Waals surface area contributed by atoms with E-state index in [0.29, 0.717) is 0 Å². The van der Waals surface area contributed by atoms with Crippen molar-refractivity contribution >= 4 is 12.0 Å². The average molecular weight is 351 g/mol. The summed E-state index contributed by atoms with van der Waals surface area (Å²) in [6, 6.07) is 13.6. The number of fused-ring (bicyclic) bond motifs is 1. The second-order valence-electron chi connectivity index (χ2n) is 7.24. The largest absolute Gasteiger partial charge is 0.496 e. The highest BCUT2D eigenvalue weighted by Gasteiger charge is 2.34. The first-order valence-corrected chi connectivity index (χ1v) is 8.79. The zero-order chi connectivity index (χ0) is 18.7. The van der Waals surface area contributed by atoms with E-state index in [9.17, 15) is 4.79 Å². The van der Waals surface area contributed by atoms with Gasteiger partial charge in [-0.15, -0.1) is 0 Å². The Balaban J connectivity index is 1.78. The van der Waals surface area contributed by atoms with E-state index < -0.39 is 0 Å². The minimum atomic E-state index is -0.328. The molecule has 0 saturated carbocycles. The van der Waals surface area contributed by atoms with Crippen molar-refractivity contribution in [2.24, 2.45) is 0 Å². The zero-order valence-electron chi connectivity index (χ0n) is 15.7. The van der Waals surface area contributed by atoms with E-state index in [1.807, 2.05) is 63.2 Å². The highest BCUT2D eigenvalue weighted by Crippen LogP contribution is 2.39. The molecule has 2 aromatic rings. The fourth-order valence-electron chi connectivity index (χ4n) is 3.28. The lowest BCUT2D eigenvalue weighted by Gasteiger charge is -2.38. The van der Waals surface area contributed by atoms with Crippen molar-refractivity contribution in [3.05, 3.63) is 65.2 Å². The zero-order valence-corrected chi connectivity index (χ0v) is 15.7. The van der Waals surface area contributed by atoms with Gasteiger partial charge in [0.25, 0.3) is 0 Å². The van der Waals surface area contributed by atoms with Crippen molar-refractivity contribution in [3.8, 4) is 11.5 Å². The van der Waals surface area contributed by atoms with Gasteiger partial charge in [-0.2, -0.15) is 0 Å². The van der Waals surface area contributed by atoms with Crippen LogP contribution in [0.2, 0.25) is 0 Å². The third-order valence-electron chi connectivity index (χ3n) is 4.50. The summed E-state index contributed by atoms with van der Waals surface area (Å²) < 4.78 is 11.4. The summed E-state index contributed by atoms with van der Waals surface area (Å²) >= 11 is 0. The molecular weight excluding hydrogens is 326 g/mol. The van der Waals surface area contributed by atoms with Crippen LogP contribution in [0.3, 0.4) is 0 Å². The van der Waals surface area contributed by atoms with E-state index in [2.05, 4.69) is 5.32 Å². The second-order valence-corrected chi connectivity index (χ2v) is 7.24. The molecule has 0 bridgehead atoms. The molecule has 0 aliphatic carbocycles. The SMILES string of the molecule is COc1ccccc1/C=C/C(=O)N[C@@H]1CC(C)(C)Oc2cc(C)ccc21. The summed E-state index contributed by atoms with van der Waals surface area (Å²) in [5.41, 5.74) is 2.70. The summed E-state index contributed by atoms with van der Waals surface area (Å²) in [5, 5.41) is 3.11. The highest BCUT2D eigenvalue weighted by atomic mass is 16.5. The van der Waals surface area contributed by atoms with Gasteiger partial charge in [0.15, 0.2) is 0 Å². The molecule has 1 aliphatic heterocycles. The van der Waals surface area contributed by atoms with Crippen molar-refractivity contribution in [1.29, 1.82) is 0 Å². The van der Waals surface area contributed by atoms with Gasteiger partial charge >= 0.3 is 0 Å². The van der Waals surface area contributed by atoms with Gasteiger partial charge in [0.2, 0.25) is 5.91 Å². The standard InChI is InChI=1S/C22H25NO3/c1-15-9-11-17-18(14-22(2,3)26-20(17)13-15)23-21(24)12-10-16-7-5-6-8-19(16)25-4/h5-13,18H,14H2,1-4H3,(H,23,24)/b12-10+/t18-/m1/s1. The van der Waals surface area contributed by atoms with Gasteiger partial charge < -0.3 is 14.8 Å². The summed E-state index contributed by atoms with van der Waals surface area (Å²) in [6.45, 7) is 6.12. The molecule has 26 heavy (non-hydrogen) atoms. The van der Waals surface area contributed by atoms with E-state index in [4.69, 9.17) is 9.47 Å². The number of carbonyl (C=O) groups is 1. The fourth-order valence-corrected chi connectivity index (χ4v) is 3.28. The smallest absolute Gasteiger partial charge is 0.244 e. The number of ether oxygens (including phenoxy) is 2. The molecule has 4 nitrogen and oxygen atoms in total. The Morgan fingerprint density at radius 3 is 2.81 bits per heavy atom. The lowest BCUT2D eigenvalue weighted by atomic mass is 9.89. The molecular formula is C22H25NO3. The Hall–Kier alpha value is -2.75. The van der Waals surface area contributed by atoms with E-state index in [-0.39, 0.29) is 17.6 Å². The lowest BCUT2D eigenvalue weighted by molar-refractivity contribution is -0.117. The van der Waals surface area contributed by atoms with Crippen LogP contribution in [0.4, 0.5) is 0 Å². The van der Waals surface area contributed by atoms with Crippen LogP contribution in [-0.2, 0) is 4.79 Å². The summed E-state index contributed by atoms with van der Waals surface area (Å²) in [4.78, 5) is 12.5. The maximum Gasteiger partial charge on any atom is 0.244 e. The van der Waals surface area contributed by atoms with Crippen molar-refractivity contribution in [2.45, 2.75) is 38.8 Å². The topological polar surface area (TPSA) is 47.6 Å². The Bertz CT molecular complexity index is 839. The van der Waals surface area contributed by atoms with Crippen LogP contribution in [0.5, 0.6) is 11.5 Å². The molecule has 0 saturated heterocycles. The van der Waals surface area contributed by atoms with Gasteiger partial charge in [-0.05, 0) is 44.5 Å². The molecule has 0 spiro atoms. The van der Waals surface area contributed by atoms with Crippen LogP contribution in [0.1, 0.15) is 43.0 Å². The highest BCUT2D eigenvalue weighted by molar-refractivity contribution is 5.92. The maximum atomic E-state index is 12.5. The number of hydrogen-bond donors (Lipinski definition) is 1. The molecule has 0 fully saturated rings. The Kier molecular flexibility index (Phi) is 5.03. The number of carbonyl (C=O) groups excluding carboxylic acids is 1. The predicted molar refractivity (Wildman–Crippen MR) is 103 cm³/mol. The number of rotatable bonds is 4. The summed E-state index contributed by atoms with van der Waals surface area (Å²) in [6.07, 6.45) is 4.04. The van der Waals surface area contributed by atoms with Gasteiger partial charge in [-0.3, -0.25) is 4.79 Å². The first kappa shape index (κ1) is 18.1. The van der Waals surface area contributed by atoms with Gasteiger partial charge in [0.05, 0.1) is 13.2 Å². The monoisotopic (exact) mass is 351 g/mol. The molecule has 0 radical (unpaired) electrons. The maximum absolute atomic E-state index is 12.5. The Morgan fingerprint density at radius 2 is 2.04 bits per heavy atom. The normalized spacial score (nSPS) is 18.1. The second kappa shape index (κ2) is 7.24. The van der Waals surface area contributed by atoms with Crippen LogP contribution in [-0.4, -0.2) is 18.6 Å². The van der Waals surface area contributed by atoms with Crippen LogP contribution in [0.25, 0.3) is 6.08 Å². The molecule has 1 atom stereocenters. The number of nitrogens with one attached hydrogen (secondary N) is 1. The van der Waals surface area contributed by atoms with Crippen molar-refractivity contribution < 1.29 is 14.3 Å². The Labute approximate surface area is 154 Å². The molecule has 4 heteroatoms. The third-order valence-corrected chi connectivity index (χ3v) is 4.50. The molecule has 3 rings (SSSR count). The number of aryl methyl sites for hydroxylation is 1. The van der Waals surface area contributed by atoms with E-state index in [0.717, 1.165) is 34.6 Å². The minimum Gasteiger partial charge on any atom is -0.496 e. The van der Waals surface area contributed by atoms with Crippen LogP contribution in [0.15, 0.2) is 48.5 Å². The van der Waals surface area contributed by atoms with Crippen molar-refractivity contribution in [3.63, 3.8) is 0 Å². The molecule has 1 N–H and O–H groups in total. The first-order chi connectivity index (χ1) is 12.4. The molecule has 1 amide bonds. The predicted octanol–water partition coefficient (Wildman–Crippen LogP) is 4.44. The van der Waals surface area contributed by atoms with Crippen molar-refractivity contribution in [2.75, 3.05) is 7.11 Å². The molecule has 1 heterocycles.